The summed E-state index contributed by atoms with van der Waals surface area (Å²) >= 11 is 0. The first-order valence-electron chi connectivity index (χ1n) is 9.13. The van der Waals surface area contributed by atoms with Gasteiger partial charge in [-0.3, -0.25) is 4.79 Å². The summed E-state index contributed by atoms with van der Waals surface area (Å²) in [4.78, 5) is 35.5. The largest absolute Gasteiger partial charge is 0.482 e. The van der Waals surface area contributed by atoms with Gasteiger partial charge in [-0.1, -0.05) is 18.2 Å². The van der Waals surface area contributed by atoms with E-state index < -0.39 is 5.97 Å². The number of ketones is 1. The molecule has 0 amide bonds. The maximum atomic E-state index is 12.0. The van der Waals surface area contributed by atoms with Gasteiger partial charge in [-0.05, 0) is 49.7 Å². The van der Waals surface area contributed by atoms with Gasteiger partial charge in [0.05, 0.1) is 0 Å². The highest BCUT2D eigenvalue weighted by molar-refractivity contribution is 5.94. The van der Waals surface area contributed by atoms with Crippen molar-refractivity contribution in [2.45, 2.75) is 20.5 Å². The zero-order chi connectivity index (χ0) is 21.5. The van der Waals surface area contributed by atoms with Crippen LogP contribution in [0.3, 0.4) is 0 Å². The molecule has 0 atom stereocenters. The number of benzene rings is 2. The molecule has 0 bridgehead atoms. The lowest BCUT2D eigenvalue weighted by atomic mass is 10.1. The highest BCUT2D eigenvalue weighted by Crippen LogP contribution is 2.18. The number of carbonyl (C=O) groups excluding carboxylic acids is 2. The molecule has 30 heavy (non-hydrogen) atoms. The van der Waals surface area contributed by atoms with Crippen LogP contribution in [-0.2, 0) is 16.1 Å². The molecule has 9 heteroatoms. The number of hydrogen-bond donors (Lipinski definition) is 2. The van der Waals surface area contributed by atoms with E-state index in [1.165, 1.54) is 6.92 Å². The van der Waals surface area contributed by atoms with Crippen LogP contribution in [0.1, 0.15) is 28.7 Å². The second kappa shape index (κ2) is 9.46. The second-order valence-corrected chi connectivity index (χ2v) is 6.40. The number of aryl methyl sites for hydroxylation is 1. The molecular formula is C21H21N5O4. The van der Waals surface area contributed by atoms with E-state index in [0.29, 0.717) is 11.3 Å². The first-order valence-corrected chi connectivity index (χ1v) is 9.13. The maximum absolute atomic E-state index is 12.0. The predicted octanol–water partition coefficient (Wildman–Crippen LogP) is 2.83. The number of rotatable bonds is 8. The van der Waals surface area contributed by atoms with E-state index in [1.807, 2.05) is 31.2 Å². The van der Waals surface area contributed by atoms with Crippen molar-refractivity contribution in [3.05, 3.63) is 65.5 Å². The smallest absolute Gasteiger partial charge is 0.344 e. The number of ether oxygens (including phenoxy) is 2. The van der Waals surface area contributed by atoms with Crippen LogP contribution in [0.15, 0.2) is 48.5 Å². The molecule has 3 rings (SSSR count). The van der Waals surface area contributed by atoms with E-state index >= 15 is 0 Å². The summed E-state index contributed by atoms with van der Waals surface area (Å²) in [7, 11) is 0. The van der Waals surface area contributed by atoms with Gasteiger partial charge in [-0.25, -0.2) is 4.79 Å². The molecule has 0 fully saturated rings. The quantitative estimate of drug-likeness (QED) is 0.427. The molecule has 0 saturated carbocycles. The number of esters is 1. The molecule has 1 aromatic heterocycles. The molecule has 9 nitrogen and oxygen atoms in total. The number of anilines is 3. The van der Waals surface area contributed by atoms with Crippen molar-refractivity contribution in [1.82, 2.24) is 15.0 Å². The first kappa shape index (κ1) is 20.7. The summed E-state index contributed by atoms with van der Waals surface area (Å²) in [6.45, 7) is 2.95. The Labute approximate surface area is 173 Å². The minimum atomic E-state index is -0.599. The van der Waals surface area contributed by atoms with Crippen LogP contribution >= 0.6 is 0 Å². The van der Waals surface area contributed by atoms with Crippen LogP contribution in [0.4, 0.5) is 17.6 Å². The van der Waals surface area contributed by atoms with Crippen LogP contribution < -0.4 is 15.8 Å². The zero-order valence-electron chi connectivity index (χ0n) is 16.6. The number of nitrogens with zero attached hydrogens (tertiary/aromatic N) is 3. The van der Waals surface area contributed by atoms with E-state index in [-0.39, 0.29) is 36.7 Å². The van der Waals surface area contributed by atoms with Crippen LogP contribution in [-0.4, -0.2) is 33.3 Å². The summed E-state index contributed by atoms with van der Waals surface area (Å²) < 4.78 is 10.5. The Morgan fingerprint density at radius 1 is 1.03 bits per heavy atom. The molecule has 0 aliphatic heterocycles. The average molecular weight is 407 g/mol. The van der Waals surface area contributed by atoms with Crippen molar-refractivity contribution in [1.29, 1.82) is 0 Å². The fourth-order valence-corrected chi connectivity index (χ4v) is 2.51. The summed E-state index contributed by atoms with van der Waals surface area (Å²) in [6, 6.07) is 14.1. The van der Waals surface area contributed by atoms with Crippen LogP contribution in [0, 0.1) is 6.92 Å². The van der Waals surface area contributed by atoms with Gasteiger partial charge >= 0.3 is 5.97 Å². The molecular weight excluding hydrogens is 386 g/mol. The first-order chi connectivity index (χ1) is 14.4. The Morgan fingerprint density at radius 2 is 1.77 bits per heavy atom. The lowest BCUT2D eigenvalue weighted by Crippen LogP contribution is -2.16. The Morgan fingerprint density at radius 3 is 2.47 bits per heavy atom. The van der Waals surface area contributed by atoms with Crippen molar-refractivity contribution in [3.8, 4) is 5.75 Å². The van der Waals surface area contributed by atoms with E-state index in [2.05, 4.69) is 20.3 Å². The van der Waals surface area contributed by atoms with Gasteiger partial charge < -0.3 is 20.5 Å². The Kier molecular flexibility index (Phi) is 6.53. The van der Waals surface area contributed by atoms with Gasteiger partial charge in [0.25, 0.3) is 0 Å². The van der Waals surface area contributed by atoms with Gasteiger partial charge in [0.15, 0.2) is 24.8 Å². The minimum absolute atomic E-state index is 0.00828. The number of hydrogen-bond acceptors (Lipinski definition) is 9. The van der Waals surface area contributed by atoms with E-state index in [1.54, 1.807) is 24.3 Å². The summed E-state index contributed by atoms with van der Waals surface area (Å²) in [5.41, 5.74) is 8.14. The highest BCUT2D eigenvalue weighted by Gasteiger charge is 2.10. The molecule has 0 aliphatic carbocycles. The van der Waals surface area contributed by atoms with E-state index in [4.69, 9.17) is 15.2 Å². The number of para-hydroxylation sites is 1. The topological polar surface area (TPSA) is 129 Å². The molecule has 3 N–H and O–H groups in total. The number of carbonyl (C=O) groups is 2. The van der Waals surface area contributed by atoms with Crippen molar-refractivity contribution in [2.75, 3.05) is 17.7 Å². The Hall–Kier alpha value is -4.01. The summed E-state index contributed by atoms with van der Waals surface area (Å²) in [5.74, 6) is 0.273. The van der Waals surface area contributed by atoms with E-state index in [0.717, 1.165) is 11.3 Å². The normalized spacial score (nSPS) is 10.3. The monoisotopic (exact) mass is 407 g/mol. The van der Waals surface area contributed by atoms with Crippen molar-refractivity contribution in [3.63, 3.8) is 0 Å². The molecule has 3 aromatic rings. The number of nitrogens with two attached hydrogens (primary N) is 1. The Balaban J connectivity index is 1.54. The average Bonchev–Trinajstić information content (AvgIpc) is 2.72. The third kappa shape index (κ3) is 5.74. The SMILES string of the molecule is CC(=O)c1ccc(OCC(=O)OCc2nc(N)nc(Nc3ccccc3C)n2)cc1. The third-order valence-corrected chi connectivity index (χ3v) is 4.07. The lowest BCUT2D eigenvalue weighted by molar-refractivity contribution is -0.147. The molecule has 0 saturated heterocycles. The predicted molar refractivity (Wildman–Crippen MR) is 110 cm³/mol. The summed E-state index contributed by atoms with van der Waals surface area (Å²) in [6.07, 6.45) is 0. The number of aromatic nitrogens is 3. The van der Waals surface area contributed by atoms with Gasteiger partial charge in [0, 0.05) is 11.3 Å². The summed E-state index contributed by atoms with van der Waals surface area (Å²) in [5, 5.41) is 3.07. The second-order valence-electron chi connectivity index (χ2n) is 6.40. The molecule has 0 aliphatic rings. The molecule has 154 valence electrons. The third-order valence-electron chi connectivity index (χ3n) is 4.07. The van der Waals surface area contributed by atoms with E-state index in [9.17, 15) is 9.59 Å². The van der Waals surface area contributed by atoms with Gasteiger partial charge in [-0.15, -0.1) is 0 Å². The number of nitrogen functional groups attached to an aromatic ring is 1. The number of nitrogens with one attached hydrogen (secondary N) is 1. The highest BCUT2D eigenvalue weighted by atomic mass is 16.6. The molecule has 0 unspecified atom stereocenters. The van der Waals surface area contributed by atoms with Gasteiger partial charge in [0.1, 0.15) is 5.75 Å². The van der Waals surface area contributed by atoms with Gasteiger partial charge in [-0.2, -0.15) is 15.0 Å². The maximum Gasteiger partial charge on any atom is 0.344 e. The number of Topliss-reactive ketones (excluding diaryl/α,β-unsaturated/α-hetero) is 1. The van der Waals surface area contributed by atoms with Crippen LogP contribution in [0.2, 0.25) is 0 Å². The van der Waals surface area contributed by atoms with Crippen molar-refractivity contribution < 1.29 is 19.1 Å². The standard InChI is InChI=1S/C21H21N5O4/c1-13-5-3-4-6-17(13)23-21-25-18(24-20(22)26-21)11-30-19(28)12-29-16-9-7-15(8-10-16)14(2)27/h3-10H,11-12H2,1-2H3,(H3,22,23,24,25,26). The van der Waals surface area contributed by atoms with Crippen molar-refractivity contribution in [2.24, 2.45) is 0 Å². The fraction of sp³-hybridized carbons (Fsp3) is 0.190. The van der Waals surface area contributed by atoms with Crippen LogP contribution in [0.25, 0.3) is 0 Å². The molecule has 2 aromatic carbocycles. The Bertz CT molecular complexity index is 1050. The van der Waals surface area contributed by atoms with Gasteiger partial charge in [0.2, 0.25) is 11.9 Å². The minimum Gasteiger partial charge on any atom is -0.482 e. The molecule has 0 spiro atoms. The van der Waals surface area contributed by atoms with Crippen molar-refractivity contribution >= 4 is 29.3 Å². The lowest BCUT2D eigenvalue weighted by Gasteiger charge is -2.10. The zero-order valence-corrected chi connectivity index (χ0v) is 16.6. The fourth-order valence-electron chi connectivity index (χ4n) is 2.51. The van der Waals surface area contributed by atoms with Crippen LogP contribution in [0.5, 0.6) is 5.75 Å². The molecule has 0 radical (unpaired) electrons. The molecule has 1 heterocycles.